The van der Waals surface area contributed by atoms with E-state index in [-0.39, 0.29) is 0 Å². The highest BCUT2D eigenvalue weighted by molar-refractivity contribution is 7.14. The number of thiazole rings is 1. The highest BCUT2D eigenvalue weighted by Crippen LogP contribution is 2.35. The molecule has 0 saturated carbocycles. The number of anilines is 1. The van der Waals surface area contributed by atoms with E-state index in [1.165, 1.54) is 19.3 Å². The third-order valence-corrected chi connectivity index (χ3v) is 4.91. The van der Waals surface area contributed by atoms with Gasteiger partial charge < -0.3 is 4.90 Å². The molecular formula is C13H21ClN2S. The summed E-state index contributed by atoms with van der Waals surface area (Å²) in [6, 6.07) is 0. The minimum absolute atomic E-state index is 0.427. The van der Waals surface area contributed by atoms with Crippen molar-refractivity contribution in [3.63, 3.8) is 0 Å². The van der Waals surface area contributed by atoms with E-state index in [0.717, 1.165) is 24.1 Å². The van der Waals surface area contributed by atoms with E-state index in [1.54, 1.807) is 11.3 Å². The lowest BCUT2D eigenvalue weighted by atomic mass is 9.77. The molecule has 0 radical (unpaired) electrons. The van der Waals surface area contributed by atoms with Gasteiger partial charge in [-0.2, -0.15) is 0 Å². The van der Waals surface area contributed by atoms with Crippen molar-refractivity contribution in [2.24, 2.45) is 11.3 Å². The zero-order valence-electron chi connectivity index (χ0n) is 10.9. The largest absolute Gasteiger partial charge is 0.348 e. The molecule has 0 aromatic carbocycles. The standard InChI is InChI=1S/C13H21ClN2S/c1-13(2,3)10-5-4-7-16(8-6-10)12-15-11(14)9-17-12/h9-10H,4-8H2,1-3H3. The van der Waals surface area contributed by atoms with Crippen LogP contribution in [0.4, 0.5) is 5.13 Å². The Morgan fingerprint density at radius 2 is 2.12 bits per heavy atom. The Kier molecular flexibility index (Phi) is 3.99. The second-order valence-corrected chi connectivity index (χ2v) is 7.16. The highest BCUT2D eigenvalue weighted by Gasteiger charge is 2.27. The van der Waals surface area contributed by atoms with Crippen LogP contribution in [0.3, 0.4) is 0 Å². The smallest absolute Gasteiger partial charge is 0.186 e. The molecule has 2 nitrogen and oxygen atoms in total. The van der Waals surface area contributed by atoms with E-state index in [0.29, 0.717) is 10.6 Å². The predicted molar refractivity (Wildman–Crippen MR) is 76.1 cm³/mol. The molecule has 0 bridgehead atoms. The summed E-state index contributed by atoms with van der Waals surface area (Å²) in [5.41, 5.74) is 0.427. The Bertz CT molecular complexity index is 370. The molecule has 4 heteroatoms. The van der Waals surface area contributed by atoms with Gasteiger partial charge in [-0.05, 0) is 30.6 Å². The Morgan fingerprint density at radius 1 is 1.35 bits per heavy atom. The molecule has 2 heterocycles. The predicted octanol–water partition coefficient (Wildman–Crippen LogP) is 4.45. The molecule has 1 aliphatic rings. The lowest BCUT2D eigenvalue weighted by molar-refractivity contribution is 0.220. The lowest BCUT2D eigenvalue weighted by Gasteiger charge is -2.29. The minimum atomic E-state index is 0.427. The minimum Gasteiger partial charge on any atom is -0.348 e. The summed E-state index contributed by atoms with van der Waals surface area (Å²) in [6.07, 6.45) is 3.86. The highest BCUT2D eigenvalue weighted by atomic mass is 35.5. The molecule has 1 unspecified atom stereocenters. The van der Waals surface area contributed by atoms with Gasteiger partial charge in [-0.3, -0.25) is 0 Å². The van der Waals surface area contributed by atoms with Gasteiger partial charge in [0, 0.05) is 18.5 Å². The molecular weight excluding hydrogens is 252 g/mol. The van der Waals surface area contributed by atoms with Crippen molar-refractivity contribution in [3.8, 4) is 0 Å². The number of rotatable bonds is 1. The van der Waals surface area contributed by atoms with Gasteiger partial charge in [0.25, 0.3) is 0 Å². The maximum Gasteiger partial charge on any atom is 0.186 e. The third-order valence-electron chi connectivity index (χ3n) is 3.69. The second-order valence-electron chi connectivity index (χ2n) is 5.93. The summed E-state index contributed by atoms with van der Waals surface area (Å²) < 4.78 is 0. The first-order valence-electron chi connectivity index (χ1n) is 6.33. The average Bonchev–Trinajstić information content (AvgIpc) is 2.53. The molecule has 0 amide bonds. The molecule has 1 aliphatic heterocycles. The van der Waals surface area contributed by atoms with Crippen molar-refractivity contribution in [3.05, 3.63) is 10.5 Å². The van der Waals surface area contributed by atoms with Crippen LogP contribution in [0, 0.1) is 11.3 Å². The summed E-state index contributed by atoms with van der Waals surface area (Å²) in [5.74, 6) is 0.822. The summed E-state index contributed by atoms with van der Waals surface area (Å²) in [7, 11) is 0. The van der Waals surface area contributed by atoms with Gasteiger partial charge in [0.2, 0.25) is 0 Å². The maximum atomic E-state index is 5.89. The van der Waals surface area contributed by atoms with Crippen LogP contribution in [-0.4, -0.2) is 18.1 Å². The Balaban J connectivity index is 2.01. The van der Waals surface area contributed by atoms with Crippen LogP contribution in [0.1, 0.15) is 40.0 Å². The Labute approximate surface area is 113 Å². The van der Waals surface area contributed by atoms with Crippen LogP contribution in [0.25, 0.3) is 0 Å². The van der Waals surface area contributed by atoms with E-state index in [2.05, 4.69) is 30.7 Å². The van der Waals surface area contributed by atoms with Gasteiger partial charge in [-0.1, -0.05) is 32.4 Å². The molecule has 96 valence electrons. The van der Waals surface area contributed by atoms with Crippen molar-refractivity contribution < 1.29 is 0 Å². The number of hydrogen-bond acceptors (Lipinski definition) is 3. The van der Waals surface area contributed by atoms with Gasteiger partial charge in [0.05, 0.1) is 0 Å². The number of nitrogens with zero attached hydrogens (tertiary/aromatic N) is 2. The average molecular weight is 273 g/mol. The number of halogens is 1. The van der Waals surface area contributed by atoms with E-state index < -0.39 is 0 Å². The van der Waals surface area contributed by atoms with E-state index in [1.807, 2.05) is 5.38 Å². The molecule has 1 fully saturated rings. The fourth-order valence-corrected chi connectivity index (χ4v) is 3.55. The molecule has 1 saturated heterocycles. The first kappa shape index (κ1) is 13.2. The van der Waals surface area contributed by atoms with Gasteiger partial charge in [-0.25, -0.2) is 4.98 Å². The van der Waals surface area contributed by atoms with Crippen LogP contribution >= 0.6 is 22.9 Å². The number of aromatic nitrogens is 1. The van der Waals surface area contributed by atoms with Crippen molar-refractivity contribution in [2.75, 3.05) is 18.0 Å². The van der Waals surface area contributed by atoms with Gasteiger partial charge in [0.1, 0.15) is 5.15 Å². The van der Waals surface area contributed by atoms with Gasteiger partial charge in [0.15, 0.2) is 5.13 Å². The first-order valence-corrected chi connectivity index (χ1v) is 7.58. The first-order chi connectivity index (χ1) is 7.97. The van der Waals surface area contributed by atoms with Crippen molar-refractivity contribution in [1.29, 1.82) is 0 Å². The van der Waals surface area contributed by atoms with Crippen LogP contribution in [0.2, 0.25) is 5.15 Å². The van der Waals surface area contributed by atoms with Crippen LogP contribution in [-0.2, 0) is 0 Å². The fraction of sp³-hybridized carbons (Fsp3) is 0.769. The molecule has 1 aromatic heterocycles. The zero-order valence-corrected chi connectivity index (χ0v) is 12.4. The second kappa shape index (κ2) is 5.15. The molecule has 2 rings (SSSR count). The Hall–Kier alpha value is -0.280. The molecule has 0 spiro atoms. The van der Waals surface area contributed by atoms with Crippen LogP contribution in [0.15, 0.2) is 5.38 Å². The topological polar surface area (TPSA) is 16.1 Å². The molecule has 0 aliphatic carbocycles. The van der Waals surface area contributed by atoms with Gasteiger partial charge >= 0.3 is 0 Å². The molecule has 0 N–H and O–H groups in total. The lowest BCUT2D eigenvalue weighted by Crippen LogP contribution is -2.25. The summed E-state index contributed by atoms with van der Waals surface area (Å²) in [6.45, 7) is 9.30. The summed E-state index contributed by atoms with van der Waals surface area (Å²) in [5, 5.41) is 3.63. The summed E-state index contributed by atoms with van der Waals surface area (Å²) >= 11 is 7.55. The Morgan fingerprint density at radius 3 is 2.71 bits per heavy atom. The third kappa shape index (κ3) is 3.35. The fourth-order valence-electron chi connectivity index (χ4n) is 2.54. The maximum absolute atomic E-state index is 5.89. The van der Waals surface area contributed by atoms with Crippen LogP contribution in [0.5, 0.6) is 0 Å². The monoisotopic (exact) mass is 272 g/mol. The quantitative estimate of drug-likeness (QED) is 0.751. The molecule has 17 heavy (non-hydrogen) atoms. The normalized spacial score (nSPS) is 22.6. The zero-order chi connectivity index (χ0) is 12.5. The summed E-state index contributed by atoms with van der Waals surface area (Å²) in [4.78, 5) is 6.76. The van der Waals surface area contributed by atoms with Gasteiger partial charge in [-0.15, -0.1) is 11.3 Å². The van der Waals surface area contributed by atoms with Crippen LogP contribution < -0.4 is 4.90 Å². The SMILES string of the molecule is CC(C)(C)C1CCCN(c2nc(Cl)cs2)CC1. The van der Waals surface area contributed by atoms with Crippen molar-refractivity contribution in [2.45, 2.75) is 40.0 Å². The molecule has 1 aromatic rings. The molecule has 1 atom stereocenters. The van der Waals surface area contributed by atoms with E-state index in [4.69, 9.17) is 11.6 Å². The van der Waals surface area contributed by atoms with E-state index >= 15 is 0 Å². The van der Waals surface area contributed by atoms with E-state index in [9.17, 15) is 0 Å². The number of hydrogen-bond donors (Lipinski definition) is 0. The van der Waals surface area contributed by atoms with Crippen molar-refractivity contribution >= 4 is 28.1 Å². The van der Waals surface area contributed by atoms with Crippen molar-refractivity contribution in [1.82, 2.24) is 4.98 Å².